The van der Waals surface area contributed by atoms with Crippen molar-refractivity contribution >= 4 is 17.1 Å². The molecular weight excluding hydrogens is 286 g/mol. The van der Waals surface area contributed by atoms with Crippen LogP contribution in [-0.2, 0) is 0 Å². The number of carbonyl (C=O) groups excluding carboxylic acids is 1. The minimum absolute atomic E-state index is 0.119. The Morgan fingerprint density at radius 3 is 2.62 bits per heavy atom. The number of phenolic OH excluding ortho intramolecular Hbond substituents is 1. The molecule has 0 aliphatic rings. The molecule has 0 radical (unpaired) electrons. The highest BCUT2D eigenvalue weighted by Crippen LogP contribution is 2.27. The van der Waals surface area contributed by atoms with Crippen molar-refractivity contribution in [2.75, 3.05) is 0 Å². The lowest BCUT2D eigenvalue weighted by atomic mass is 10.1. The third-order valence-corrected chi connectivity index (χ3v) is 3.68. The summed E-state index contributed by atoms with van der Waals surface area (Å²) in [5.74, 6) is 0.790. The van der Waals surface area contributed by atoms with Crippen LogP contribution in [0.2, 0.25) is 0 Å². The number of rotatable bonds is 4. The van der Waals surface area contributed by atoms with E-state index in [0.29, 0.717) is 16.2 Å². The van der Waals surface area contributed by atoms with Crippen LogP contribution in [-0.4, -0.2) is 15.9 Å². The third kappa shape index (κ3) is 2.93. The van der Waals surface area contributed by atoms with Gasteiger partial charge in [0, 0.05) is 6.20 Å². The first-order valence-corrected chi connectivity index (χ1v) is 7.12. The lowest BCUT2D eigenvalue weighted by molar-refractivity contribution is 0.103. The number of benzene rings is 1. The van der Waals surface area contributed by atoms with Gasteiger partial charge in [0.1, 0.15) is 11.5 Å². The summed E-state index contributed by atoms with van der Waals surface area (Å²) in [4.78, 5) is 17.2. The second-order valence-electron chi connectivity index (χ2n) is 4.26. The van der Waals surface area contributed by atoms with E-state index in [4.69, 9.17) is 4.74 Å². The van der Waals surface area contributed by atoms with Gasteiger partial charge in [-0.2, -0.15) is 0 Å². The zero-order valence-electron chi connectivity index (χ0n) is 10.9. The van der Waals surface area contributed by atoms with Gasteiger partial charge < -0.3 is 9.84 Å². The molecule has 0 fully saturated rings. The van der Waals surface area contributed by atoms with E-state index in [0.717, 1.165) is 0 Å². The summed E-state index contributed by atoms with van der Waals surface area (Å²) in [6, 6.07) is 13.2. The molecule has 21 heavy (non-hydrogen) atoms. The van der Waals surface area contributed by atoms with Crippen molar-refractivity contribution in [2.24, 2.45) is 0 Å². The molecule has 0 amide bonds. The van der Waals surface area contributed by atoms with Gasteiger partial charge in [-0.25, -0.2) is 4.98 Å². The highest BCUT2D eigenvalue weighted by molar-refractivity contribution is 7.12. The third-order valence-electron chi connectivity index (χ3n) is 2.81. The van der Waals surface area contributed by atoms with Gasteiger partial charge in [-0.15, -0.1) is 11.3 Å². The normalized spacial score (nSPS) is 10.3. The predicted molar refractivity (Wildman–Crippen MR) is 80.2 cm³/mol. The molecule has 3 aromatic rings. The molecule has 2 aromatic heterocycles. The molecule has 0 atom stereocenters. The van der Waals surface area contributed by atoms with Gasteiger partial charge >= 0.3 is 0 Å². The Bertz CT molecular complexity index is 751. The number of hydrogen-bond acceptors (Lipinski definition) is 5. The molecule has 0 aliphatic carbocycles. The molecule has 4 nitrogen and oxygen atoms in total. The molecule has 5 heteroatoms. The molecule has 0 aliphatic heterocycles. The Balaban J connectivity index is 1.93. The van der Waals surface area contributed by atoms with Crippen LogP contribution in [0.15, 0.2) is 60.1 Å². The number of hydrogen-bond donors (Lipinski definition) is 1. The van der Waals surface area contributed by atoms with Crippen molar-refractivity contribution in [3.05, 3.63) is 70.5 Å². The van der Waals surface area contributed by atoms with Gasteiger partial charge in [0.15, 0.2) is 0 Å². The number of aromatic nitrogens is 1. The van der Waals surface area contributed by atoms with Crippen LogP contribution in [0.5, 0.6) is 17.4 Å². The number of carbonyl (C=O) groups is 1. The molecule has 1 aromatic carbocycles. The molecule has 104 valence electrons. The van der Waals surface area contributed by atoms with Gasteiger partial charge in [-0.05, 0) is 47.8 Å². The smallest absolute Gasteiger partial charge is 0.230 e. The van der Waals surface area contributed by atoms with Gasteiger partial charge in [0.2, 0.25) is 11.7 Å². The van der Waals surface area contributed by atoms with Crippen molar-refractivity contribution in [3.8, 4) is 17.4 Å². The van der Waals surface area contributed by atoms with Crippen molar-refractivity contribution in [2.45, 2.75) is 0 Å². The summed E-state index contributed by atoms with van der Waals surface area (Å²) in [7, 11) is 0. The molecule has 2 heterocycles. The first-order valence-electron chi connectivity index (χ1n) is 6.24. The lowest BCUT2D eigenvalue weighted by Crippen LogP contribution is -2.03. The minimum Gasteiger partial charge on any atom is -0.508 e. The average molecular weight is 297 g/mol. The highest BCUT2D eigenvalue weighted by atomic mass is 32.1. The van der Waals surface area contributed by atoms with Crippen molar-refractivity contribution < 1.29 is 14.6 Å². The molecule has 0 unspecified atom stereocenters. The van der Waals surface area contributed by atoms with E-state index in [2.05, 4.69) is 4.98 Å². The van der Waals surface area contributed by atoms with Crippen LogP contribution < -0.4 is 4.74 Å². The molecule has 0 saturated heterocycles. The van der Waals surface area contributed by atoms with E-state index in [9.17, 15) is 9.90 Å². The number of thiophene rings is 1. The minimum atomic E-state index is -0.119. The van der Waals surface area contributed by atoms with Crippen LogP contribution in [0.1, 0.15) is 15.2 Å². The summed E-state index contributed by atoms with van der Waals surface area (Å²) in [5, 5.41) is 11.1. The summed E-state index contributed by atoms with van der Waals surface area (Å²) in [6.07, 6.45) is 1.57. The van der Waals surface area contributed by atoms with Crippen LogP contribution in [0.3, 0.4) is 0 Å². The van der Waals surface area contributed by atoms with Crippen molar-refractivity contribution in [1.29, 1.82) is 0 Å². The zero-order chi connectivity index (χ0) is 14.7. The maximum Gasteiger partial charge on any atom is 0.230 e. The van der Waals surface area contributed by atoms with Crippen molar-refractivity contribution in [1.82, 2.24) is 4.98 Å². The fourth-order valence-corrected chi connectivity index (χ4v) is 2.49. The van der Waals surface area contributed by atoms with E-state index in [1.165, 1.54) is 23.5 Å². The fraction of sp³-hybridized carbons (Fsp3) is 0. The van der Waals surface area contributed by atoms with Gasteiger partial charge in [0.25, 0.3) is 0 Å². The number of aromatic hydroxyl groups is 1. The molecule has 0 bridgehead atoms. The number of pyridine rings is 1. The number of ether oxygens (including phenoxy) is 1. The Hall–Kier alpha value is -2.66. The molecule has 1 N–H and O–H groups in total. The van der Waals surface area contributed by atoms with Gasteiger partial charge in [-0.1, -0.05) is 6.07 Å². The SMILES string of the molecule is O=C(c1cccs1)c1cccnc1Oc1ccc(O)cc1. The average Bonchev–Trinajstić information content (AvgIpc) is 3.04. The Kier molecular flexibility index (Phi) is 3.66. The molecule has 0 spiro atoms. The van der Waals surface area contributed by atoms with Crippen LogP contribution >= 0.6 is 11.3 Å². The first kappa shape index (κ1) is 13.3. The quantitative estimate of drug-likeness (QED) is 0.743. The summed E-state index contributed by atoms with van der Waals surface area (Å²) in [6.45, 7) is 0. The standard InChI is InChI=1S/C16H11NO3S/c18-11-5-7-12(8-6-11)20-16-13(3-1-9-17-16)15(19)14-4-2-10-21-14/h1-10,18H. The van der Waals surface area contributed by atoms with E-state index in [1.807, 2.05) is 11.4 Å². The number of nitrogens with zero attached hydrogens (tertiary/aromatic N) is 1. The van der Waals surface area contributed by atoms with E-state index in [-0.39, 0.29) is 17.4 Å². The van der Waals surface area contributed by atoms with E-state index < -0.39 is 0 Å². The largest absolute Gasteiger partial charge is 0.508 e. The van der Waals surface area contributed by atoms with Gasteiger partial charge in [0.05, 0.1) is 10.4 Å². The second kappa shape index (κ2) is 5.76. The zero-order valence-corrected chi connectivity index (χ0v) is 11.7. The maximum absolute atomic E-state index is 12.4. The molecule has 0 saturated carbocycles. The summed E-state index contributed by atoms with van der Waals surface area (Å²) >= 11 is 1.38. The van der Waals surface area contributed by atoms with Crippen LogP contribution in [0.25, 0.3) is 0 Å². The van der Waals surface area contributed by atoms with E-state index in [1.54, 1.807) is 36.5 Å². The predicted octanol–water partition coefficient (Wildman–Crippen LogP) is 3.87. The number of phenols is 1. The fourth-order valence-electron chi connectivity index (χ4n) is 1.81. The highest BCUT2D eigenvalue weighted by Gasteiger charge is 2.16. The van der Waals surface area contributed by atoms with Gasteiger partial charge in [-0.3, -0.25) is 4.79 Å². The Morgan fingerprint density at radius 2 is 1.90 bits per heavy atom. The molecule has 3 rings (SSSR count). The summed E-state index contributed by atoms with van der Waals surface area (Å²) < 4.78 is 5.65. The second-order valence-corrected chi connectivity index (χ2v) is 5.21. The Morgan fingerprint density at radius 1 is 1.10 bits per heavy atom. The lowest BCUT2D eigenvalue weighted by Gasteiger charge is -2.08. The van der Waals surface area contributed by atoms with Crippen molar-refractivity contribution in [3.63, 3.8) is 0 Å². The maximum atomic E-state index is 12.4. The topological polar surface area (TPSA) is 59.4 Å². The first-order chi connectivity index (χ1) is 10.2. The Labute approximate surface area is 125 Å². The monoisotopic (exact) mass is 297 g/mol. The summed E-state index contributed by atoms with van der Waals surface area (Å²) in [5.41, 5.74) is 0.410. The molecular formula is C16H11NO3S. The van der Waals surface area contributed by atoms with Crippen LogP contribution in [0, 0.1) is 0 Å². The van der Waals surface area contributed by atoms with E-state index >= 15 is 0 Å². The number of ketones is 1. The van der Waals surface area contributed by atoms with Crippen LogP contribution in [0.4, 0.5) is 0 Å².